The van der Waals surface area contributed by atoms with Gasteiger partial charge in [0.1, 0.15) is 0 Å². The third kappa shape index (κ3) is 4.24. The highest BCUT2D eigenvalue weighted by Gasteiger charge is 2.31. The minimum Gasteiger partial charge on any atom is -0.312 e. The van der Waals surface area contributed by atoms with Gasteiger partial charge in [-0.25, -0.2) is 0 Å². The van der Waals surface area contributed by atoms with Crippen molar-refractivity contribution < 1.29 is 0 Å². The molecule has 0 aliphatic carbocycles. The number of nitrogens with one attached hydrogen (secondary N) is 1. The summed E-state index contributed by atoms with van der Waals surface area (Å²) in [6.07, 6.45) is 8.80. The van der Waals surface area contributed by atoms with Crippen molar-refractivity contribution in [2.75, 3.05) is 18.1 Å². The van der Waals surface area contributed by atoms with Gasteiger partial charge in [0.05, 0.1) is 0 Å². The topological polar surface area (TPSA) is 12.0 Å². The zero-order valence-electron chi connectivity index (χ0n) is 10.4. The lowest BCUT2D eigenvalue weighted by Gasteiger charge is -2.35. The van der Waals surface area contributed by atoms with Gasteiger partial charge in [0.2, 0.25) is 0 Å². The van der Waals surface area contributed by atoms with Crippen molar-refractivity contribution in [2.45, 2.75) is 49.7 Å². The lowest BCUT2D eigenvalue weighted by atomic mass is 10.1. The predicted molar refractivity (Wildman–Crippen MR) is 78.3 cm³/mol. The summed E-state index contributed by atoms with van der Waals surface area (Å²) in [7, 11) is 0. The molecule has 1 aliphatic heterocycles. The van der Waals surface area contributed by atoms with Gasteiger partial charge in [-0.2, -0.15) is 23.5 Å². The minimum absolute atomic E-state index is 0.507. The fourth-order valence-electron chi connectivity index (χ4n) is 2.07. The molecule has 1 rings (SSSR count). The second-order valence-electron chi connectivity index (χ2n) is 4.12. The first kappa shape index (κ1) is 14.3. The van der Waals surface area contributed by atoms with Crippen LogP contribution in [0.4, 0.5) is 0 Å². The summed E-state index contributed by atoms with van der Waals surface area (Å²) in [6.45, 7) is 5.59. The normalized spacial score (nSPS) is 27.3. The molecule has 1 N–H and O–H groups in total. The van der Waals surface area contributed by atoms with E-state index in [0.717, 1.165) is 18.2 Å². The fourth-order valence-corrected chi connectivity index (χ4v) is 5.34. The molecule has 1 saturated heterocycles. The molecule has 0 radical (unpaired) electrons. The van der Waals surface area contributed by atoms with Crippen LogP contribution in [0.3, 0.4) is 0 Å². The van der Waals surface area contributed by atoms with Crippen LogP contribution in [0.5, 0.6) is 0 Å². The maximum Gasteiger partial charge on any atom is 0.0329 e. The van der Waals surface area contributed by atoms with E-state index in [1.807, 2.05) is 0 Å². The molecule has 0 aromatic heterocycles. The largest absolute Gasteiger partial charge is 0.312 e. The van der Waals surface area contributed by atoms with Crippen LogP contribution in [0.25, 0.3) is 0 Å². The van der Waals surface area contributed by atoms with Crippen molar-refractivity contribution in [1.29, 1.82) is 0 Å². The van der Waals surface area contributed by atoms with Gasteiger partial charge in [-0.3, -0.25) is 0 Å². The highest BCUT2D eigenvalue weighted by atomic mass is 32.2. The van der Waals surface area contributed by atoms with Crippen LogP contribution >= 0.6 is 23.5 Å². The van der Waals surface area contributed by atoms with E-state index in [2.05, 4.69) is 48.6 Å². The molecular weight excluding hydrogens is 234 g/mol. The summed E-state index contributed by atoms with van der Waals surface area (Å²) in [6, 6.07) is 0.507. The molecule has 16 heavy (non-hydrogen) atoms. The van der Waals surface area contributed by atoms with Crippen molar-refractivity contribution in [3.8, 4) is 12.3 Å². The molecule has 3 heteroatoms. The number of thioether (sulfide) groups is 2. The van der Waals surface area contributed by atoms with Gasteiger partial charge in [0.15, 0.2) is 0 Å². The number of terminal acetylenes is 1. The Hall–Kier alpha value is 0.220. The summed E-state index contributed by atoms with van der Waals surface area (Å²) in [5, 5.41) is 5.11. The number of rotatable bonds is 6. The number of hydrogen-bond acceptors (Lipinski definition) is 3. The van der Waals surface area contributed by atoms with E-state index in [1.165, 1.54) is 24.3 Å². The second kappa shape index (κ2) is 8.33. The molecule has 0 amide bonds. The fraction of sp³-hybridized carbons (Fsp3) is 0.846. The molecule has 0 bridgehead atoms. The van der Waals surface area contributed by atoms with E-state index in [9.17, 15) is 0 Å². The average Bonchev–Trinajstić information content (AvgIpc) is 2.34. The second-order valence-corrected chi connectivity index (χ2v) is 6.75. The third-order valence-corrected chi connectivity index (χ3v) is 6.29. The lowest BCUT2D eigenvalue weighted by molar-refractivity contribution is 0.488. The molecule has 0 aromatic carbocycles. The van der Waals surface area contributed by atoms with Crippen LogP contribution < -0.4 is 5.32 Å². The Balaban J connectivity index is 2.55. The molecule has 0 aromatic rings. The van der Waals surface area contributed by atoms with E-state index in [1.54, 1.807) is 0 Å². The maximum atomic E-state index is 5.49. The molecular formula is C13H23NS2. The van der Waals surface area contributed by atoms with Gasteiger partial charge in [0, 0.05) is 34.5 Å². The van der Waals surface area contributed by atoms with Gasteiger partial charge in [0.25, 0.3) is 0 Å². The first-order valence-corrected chi connectivity index (χ1v) is 8.33. The molecule has 1 fully saturated rings. The summed E-state index contributed by atoms with van der Waals surface area (Å²) < 4.78 is 0. The standard InChI is InChI=1S/C13H23NS2/c1-4-7-11(14-8-5-2)13-12(6-3)15-9-10-16-13/h1,11-14H,5-10H2,2-3H3. The summed E-state index contributed by atoms with van der Waals surface area (Å²) in [5.41, 5.74) is 0. The van der Waals surface area contributed by atoms with E-state index in [-0.39, 0.29) is 0 Å². The predicted octanol–water partition coefficient (Wildman–Crippen LogP) is 3.01. The smallest absolute Gasteiger partial charge is 0.0329 e. The monoisotopic (exact) mass is 257 g/mol. The van der Waals surface area contributed by atoms with Crippen LogP contribution in [0.15, 0.2) is 0 Å². The SMILES string of the molecule is C#CCC(NCCC)C1SCCSC1CC. The first-order valence-electron chi connectivity index (χ1n) is 6.23. The zero-order chi connectivity index (χ0) is 11.8. The van der Waals surface area contributed by atoms with Crippen LogP contribution in [0.2, 0.25) is 0 Å². The van der Waals surface area contributed by atoms with E-state index >= 15 is 0 Å². The van der Waals surface area contributed by atoms with Crippen LogP contribution in [0.1, 0.15) is 33.1 Å². The molecule has 3 atom stereocenters. The lowest BCUT2D eigenvalue weighted by Crippen LogP contribution is -2.45. The average molecular weight is 257 g/mol. The van der Waals surface area contributed by atoms with Crippen molar-refractivity contribution in [3.63, 3.8) is 0 Å². The van der Waals surface area contributed by atoms with Gasteiger partial charge in [-0.1, -0.05) is 13.8 Å². The summed E-state index contributed by atoms with van der Waals surface area (Å²) in [5.74, 6) is 5.41. The molecule has 0 spiro atoms. The highest BCUT2D eigenvalue weighted by molar-refractivity contribution is 8.07. The Morgan fingerprint density at radius 1 is 1.38 bits per heavy atom. The van der Waals surface area contributed by atoms with E-state index < -0.39 is 0 Å². The maximum absolute atomic E-state index is 5.49. The van der Waals surface area contributed by atoms with E-state index in [0.29, 0.717) is 11.3 Å². The zero-order valence-corrected chi connectivity index (χ0v) is 12.0. The van der Waals surface area contributed by atoms with E-state index in [4.69, 9.17) is 6.42 Å². The Morgan fingerprint density at radius 2 is 2.12 bits per heavy atom. The van der Waals surface area contributed by atoms with Crippen molar-refractivity contribution in [3.05, 3.63) is 0 Å². The highest BCUT2D eigenvalue weighted by Crippen LogP contribution is 2.35. The van der Waals surface area contributed by atoms with Crippen molar-refractivity contribution in [1.82, 2.24) is 5.32 Å². The Bertz CT molecular complexity index is 224. The van der Waals surface area contributed by atoms with Gasteiger partial charge in [-0.05, 0) is 19.4 Å². The first-order chi connectivity index (χ1) is 7.83. The minimum atomic E-state index is 0.507. The number of hydrogen-bond donors (Lipinski definition) is 1. The molecule has 3 unspecified atom stereocenters. The Morgan fingerprint density at radius 3 is 2.75 bits per heavy atom. The molecule has 92 valence electrons. The third-order valence-electron chi connectivity index (χ3n) is 2.89. The van der Waals surface area contributed by atoms with Gasteiger partial charge < -0.3 is 5.32 Å². The van der Waals surface area contributed by atoms with Crippen molar-refractivity contribution >= 4 is 23.5 Å². The van der Waals surface area contributed by atoms with Crippen LogP contribution in [-0.4, -0.2) is 34.6 Å². The Labute approximate surface area is 109 Å². The molecule has 1 heterocycles. The molecule has 0 saturated carbocycles. The van der Waals surface area contributed by atoms with Crippen molar-refractivity contribution in [2.24, 2.45) is 0 Å². The van der Waals surface area contributed by atoms with Crippen LogP contribution in [-0.2, 0) is 0 Å². The van der Waals surface area contributed by atoms with Crippen LogP contribution in [0, 0.1) is 12.3 Å². The molecule has 1 aliphatic rings. The van der Waals surface area contributed by atoms with Gasteiger partial charge >= 0.3 is 0 Å². The summed E-state index contributed by atoms with van der Waals surface area (Å²) >= 11 is 4.25. The van der Waals surface area contributed by atoms with Gasteiger partial charge in [-0.15, -0.1) is 12.3 Å². The molecule has 1 nitrogen and oxygen atoms in total. The summed E-state index contributed by atoms with van der Waals surface area (Å²) in [4.78, 5) is 0. The Kier molecular flexibility index (Phi) is 7.44. The quantitative estimate of drug-likeness (QED) is 0.735.